The third-order valence-corrected chi connectivity index (χ3v) is 7.67. The molecular weight excluding hydrogens is 442 g/mol. The van der Waals surface area contributed by atoms with Crippen LogP contribution in [-0.2, 0) is 19.1 Å². The van der Waals surface area contributed by atoms with E-state index in [4.69, 9.17) is 8.85 Å². The average Bonchev–Trinajstić information content (AvgIpc) is 2.72. The summed E-state index contributed by atoms with van der Waals surface area (Å²) < 4.78 is 11.7. The number of hydrogen-bond acceptors (Lipinski definition) is 3. The standard InChI is InChI=1S/C27H45NO3Si2/c1-18(24(30-32-8)31-33-9)16-19-10-12-20(13-11-19)21-14-15-22(26(2,3)4)23(17-21)28-25(29)27(5,6)7/h14-15,17-20,24H,10-13,16H2,1-9H3,(H,28,29). The van der Waals surface area contributed by atoms with E-state index in [1.54, 1.807) is 0 Å². The number of hydrogen-bond donors (Lipinski definition) is 1. The lowest BCUT2D eigenvalue weighted by Gasteiger charge is -2.33. The summed E-state index contributed by atoms with van der Waals surface area (Å²) in [5.41, 5.74) is 3.11. The maximum Gasteiger partial charge on any atom is 0.229 e. The minimum atomic E-state index is -0.415. The largest absolute Gasteiger partial charge is 0.394 e. The lowest BCUT2D eigenvalue weighted by molar-refractivity contribution is -0.123. The fourth-order valence-corrected chi connectivity index (χ4v) is 5.86. The normalized spacial score (nSPS) is 20.7. The third-order valence-electron chi connectivity index (χ3n) is 6.74. The van der Waals surface area contributed by atoms with Crippen LogP contribution in [0.3, 0.4) is 0 Å². The molecule has 1 saturated carbocycles. The van der Waals surface area contributed by atoms with Crippen LogP contribution >= 0.6 is 0 Å². The number of amides is 1. The summed E-state index contributed by atoms with van der Waals surface area (Å²) in [5.74, 6) is 1.80. The van der Waals surface area contributed by atoms with Crippen molar-refractivity contribution in [1.82, 2.24) is 0 Å². The molecule has 2 rings (SSSR count). The second-order valence-electron chi connectivity index (χ2n) is 11.7. The second-order valence-corrected chi connectivity index (χ2v) is 13.0. The molecule has 1 fully saturated rings. The minimum Gasteiger partial charge on any atom is -0.394 e. The van der Waals surface area contributed by atoms with E-state index < -0.39 is 5.41 Å². The first-order valence-electron chi connectivity index (χ1n) is 12.5. The van der Waals surface area contributed by atoms with Crippen molar-refractivity contribution in [3.8, 4) is 0 Å². The molecule has 6 heteroatoms. The van der Waals surface area contributed by atoms with Gasteiger partial charge in [-0.25, -0.2) is 0 Å². The van der Waals surface area contributed by atoms with Crippen LogP contribution < -0.4 is 5.32 Å². The molecule has 1 unspecified atom stereocenters. The van der Waals surface area contributed by atoms with Crippen LogP contribution in [0.2, 0.25) is 13.1 Å². The molecule has 0 bridgehead atoms. The highest BCUT2D eigenvalue weighted by molar-refractivity contribution is 6.26. The molecule has 1 atom stereocenters. The Kier molecular flexibility index (Phi) is 10.4. The Morgan fingerprint density at radius 3 is 2.09 bits per heavy atom. The molecule has 0 aromatic heterocycles. The zero-order chi connectivity index (χ0) is 24.8. The van der Waals surface area contributed by atoms with Crippen molar-refractivity contribution in [2.24, 2.45) is 17.3 Å². The summed E-state index contributed by atoms with van der Waals surface area (Å²) in [5, 5.41) is 3.24. The highest BCUT2D eigenvalue weighted by Crippen LogP contribution is 2.41. The molecule has 1 aromatic carbocycles. The smallest absolute Gasteiger partial charge is 0.229 e. The molecule has 33 heavy (non-hydrogen) atoms. The van der Waals surface area contributed by atoms with Crippen LogP contribution in [0, 0.1) is 17.3 Å². The molecule has 1 amide bonds. The Bertz CT molecular complexity index is 756. The second kappa shape index (κ2) is 12.1. The summed E-state index contributed by atoms with van der Waals surface area (Å²) in [4.78, 5) is 12.8. The van der Waals surface area contributed by atoms with Gasteiger partial charge >= 0.3 is 0 Å². The molecule has 0 heterocycles. The van der Waals surface area contributed by atoms with Crippen LogP contribution in [0.4, 0.5) is 5.69 Å². The highest BCUT2D eigenvalue weighted by atomic mass is 28.2. The Labute approximate surface area is 207 Å². The zero-order valence-electron chi connectivity index (χ0n) is 22.3. The minimum absolute atomic E-state index is 0.0222. The van der Waals surface area contributed by atoms with Crippen molar-refractivity contribution >= 4 is 31.1 Å². The van der Waals surface area contributed by atoms with Crippen molar-refractivity contribution < 1.29 is 13.6 Å². The molecule has 0 saturated heterocycles. The van der Waals surface area contributed by atoms with Gasteiger partial charge in [0.05, 0.1) is 0 Å². The summed E-state index contributed by atoms with van der Waals surface area (Å²) in [6, 6.07) is 6.78. The topological polar surface area (TPSA) is 47.6 Å². The first kappa shape index (κ1) is 28.3. The number of anilines is 1. The van der Waals surface area contributed by atoms with E-state index in [9.17, 15) is 4.79 Å². The van der Waals surface area contributed by atoms with Gasteiger partial charge < -0.3 is 14.2 Å². The van der Waals surface area contributed by atoms with Gasteiger partial charge in [0.2, 0.25) is 25.4 Å². The molecule has 1 N–H and O–H groups in total. The first-order valence-corrected chi connectivity index (χ1v) is 15.3. The maximum atomic E-state index is 12.8. The van der Waals surface area contributed by atoms with E-state index in [0.29, 0.717) is 31.4 Å². The van der Waals surface area contributed by atoms with Gasteiger partial charge in [-0.1, -0.05) is 60.6 Å². The van der Waals surface area contributed by atoms with E-state index in [1.807, 2.05) is 20.8 Å². The summed E-state index contributed by atoms with van der Waals surface area (Å²) >= 11 is 0. The highest BCUT2D eigenvalue weighted by Gasteiger charge is 2.29. The molecule has 4 radical (unpaired) electrons. The number of nitrogens with one attached hydrogen (secondary N) is 1. The molecule has 1 aliphatic carbocycles. The Hall–Kier alpha value is -0.956. The van der Waals surface area contributed by atoms with Gasteiger partial charge in [0.15, 0.2) is 0 Å². The van der Waals surface area contributed by atoms with Gasteiger partial charge in [-0.2, -0.15) is 0 Å². The maximum absolute atomic E-state index is 12.8. The predicted octanol–water partition coefficient (Wildman–Crippen LogP) is 6.96. The number of rotatable bonds is 9. The summed E-state index contributed by atoms with van der Waals surface area (Å²) in [6.07, 6.45) is 6.01. The number of benzene rings is 1. The molecule has 4 nitrogen and oxygen atoms in total. The fraction of sp³-hybridized carbons (Fsp3) is 0.741. The van der Waals surface area contributed by atoms with Crippen LogP contribution in [0.25, 0.3) is 0 Å². The molecule has 1 aromatic rings. The molecule has 184 valence electrons. The molecule has 0 aliphatic heterocycles. The predicted molar refractivity (Wildman–Crippen MR) is 141 cm³/mol. The zero-order valence-corrected chi connectivity index (χ0v) is 24.3. The number of carbonyl (C=O) groups is 1. The summed E-state index contributed by atoms with van der Waals surface area (Å²) in [7, 11) is 0.934. The Morgan fingerprint density at radius 2 is 1.61 bits per heavy atom. The van der Waals surface area contributed by atoms with Gasteiger partial charge in [0, 0.05) is 17.0 Å². The van der Waals surface area contributed by atoms with E-state index in [-0.39, 0.29) is 17.6 Å². The van der Waals surface area contributed by atoms with Crippen molar-refractivity contribution in [3.05, 3.63) is 29.3 Å². The molecular formula is C27H45NO3Si2. The van der Waals surface area contributed by atoms with Crippen molar-refractivity contribution in [1.29, 1.82) is 0 Å². The van der Waals surface area contributed by atoms with Gasteiger partial charge in [0.25, 0.3) is 0 Å². The van der Waals surface area contributed by atoms with Crippen LogP contribution in [0.15, 0.2) is 18.2 Å². The lowest BCUT2D eigenvalue weighted by atomic mass is 9.75. The van der Waals surface area contributed by atoms with Gasteiger partial charge in [-0.3, -0.25) is 4.79 Å². The monoisotopic (exact) mass is 487 g/mol. The SMILES string of the molecule is C[Si]OC(O[Si]C)C(C)CC1CCC(c2ccc(C(C)(C)C)c(NC(=O)C(C)(C)C)c2)CC1. The first-order chi connectivity index (χ1) is 15.4. The summed E-state index contributed by atoms with van der Waals surface area (Å²) in [6.45, 7) is 18.9. The van der Waals surface area contributed by atoms with Gasteiger partial charge in [-0.15, -0.1) is 0 Å². The molecule has 0 spiro atoms. The Morgan fingerprint density at radius 1 is 1.03 bits per heavy atom. The van der Waals surface area contributed by atoms with E-state index in [2.05, 4.69) is 64.3 Å². The van der Waals surface area contributed by atoms with Crippen LogP contribution in [0.5, 0.6) is 0 Å². The molecule has 1 aliphatic rings. The lowest BCUT2D eigenvalue weighted by Crippen LogP contribution is -2.30. The average molecular weight is 488 g/mol. The van der Waals surface area contributed by atoms with Crippen LogP contribution in [-0.4, -0.2) is 31.7 Å². The van der Waals surface area contributed by atoms with Crippen molar-refractivity contribution in [3.63, 3.8) is 0 Å². The van der Waals surface area contributed by atoms with E-state index >= 15 is 0 Å². The van der Waals surface area contributed by atoms with Gasteiger partial charge in [0.1, 0.15) is 6.29 Å². The van der Waals surface area contributed by atoms with E-state index in [0.717, 1.165) is 11.6 Å². The quantitative estimate of drug-likeness (QED) is 0.302. The van der Waals surface area contributed by atoms with Gasteiger partial charge in [-0.05, 0) is 79.6 Å². The van der Waals surface area contributed by atoms with Crippen molar-refractivity contribution in [2.75, 3.05) is 5.32 Å². The van der Waals surface area contributed by atoms with Crippen LogP contribution in [0.1, 0.15) is 97.6 Å². The Balaban J connectivity index is 2.08. The van der Waals surface area contributed by atoms with Crippen molar-refractivity contribution in [2.45, 2.75) is 111 Å². The number of carbonyl (C=O) groups excluding carboxylic acids is 1. The van der Waals surface area contributed by atoms with E-state index in [1.165, 1.54) is 43.2 Å². The fourth-order valence-electron chi connectivity index (χ4n) is 4.74. The third kappa shape index (κ3) is 8.34.